The first-order chi connectivity index (χ1) is 17.3. The summed E-state index contributed by atoms with van der Waals surface area (Å²) in [6.45, 7) is 6.99. The molecule has 3 aromatic rings. The van der Waals surface area contributed by atoms with Gasteiger partial charge in [0, 0.05) is 55.5 Å². The summed E-state index contributed by atoms with van der Waals surface area (Å²) < 4.78 is 13.6. The number of aromatic nitrogens is 4. The fourth-order valence-corrected chi connectivity index (χ4v) is 6.37. The number of nitrogens with one attached hydrogen (secondary N) is 2. The van der Waals surface area contributed by atoms with Crippen LogP contribution in [0.25, 0.3) is 0 Å². The minimum absolute atomic E-state index is 0.162. The van der Waals surface area contributed by atoms with Crippen LogP contribution >= 0.6 is 11.6 Å². The van der Waals surface area contributed by atoms with Crippen molar-refractivity contribution in [2.75, 3.05) is 47.1 Å². The Bertz CT molecular complexity index is 1270. The van der Waals surface area contributed by atoms with E-state index in [9.17, 15) is 4.39 Å². The molecule has 1 saturated heterocycles. The molecule has 0 amide bonds. The Balaban J connectivity index is 1.29. The molecule has 2 aliphatic heterocycles. The van der Waals surface area contributed by atoms with E-state index < -0.39 is 0 Å². The van der Waals surface area contributed by atoms with Crippen molar-refractivity contribution in [2.45, 2.75) is 38.1 Å². The lowest BCUT2D eigenvalue weighted by molar-refractivity contribution is 0.376. The Morgan fingerprint density at radius 1 is 1.06 bits per heavy atom. The zero-order valence-corrected chi connectivity index (χ0v) is 21.4. The highest BCUT2D eigenvalue weighted by Gasteiger charge is 2.44. The van der Waals surface area contributed by atoms with Crippen LogP contribution in [0.2, 0.25) is 5.15 Å². The number of hydrogen-bond donors (Lipinski definition) is 2. The van der Waals surface area contributed by atoms with Crippen LogP contribution in [0.1, 0.15) is 32.3 Å². The number of benzene rings is 1. The molecule has 1 saturated carbocycles. The van der Waals surface area contributed by atoms with Crippen molar-refractivity contribution in [1.82, 2.24) is 20.2 Å². The van der Waals surface area contributed by atoms with Gasteiger partial charge in [0.15, 0.2) is 5.15 Å². The molecule has 6 rings (SSSR count). The Kier molecular flexibility index (Phi) is 5.63. The van der Waals surface area contributed by atoms with Gasteiger partial charge in [-0.15, -0.1) is 5.10 Å². The van der Waals surface area contributed by atoms with Crippen molar-refractivity contribution in [1.29, 1.82) is 0 Å². The summed E-state index contributed by atoms with van der Waals surface area (Å²) in [6.07, 6.45) is 4.10. The highest BCUT2D eigenvalue weighted by Crippen LogP contribution is 2.47. The van der Waals surface area contributed by atoms with Crippen molar-refractivity contribution in [3.8, 4) is 0 Å². The summed E-state index contributed by atoms with van der Waals surface area (Å²) in [6, 6.07) is 8.79. The maximum absolute atomic E-state index is 13.6. The number of halogens is 2. The van der Waals surface area contributed by atoms with E-state index in [1.165, 1.54) is 12.1 Å². The zero-order chi connectivity index (χ0) is 25.0. The second kappa shape index (κ2) is 8.73. The molecule has 1 aliphatic carbocycles. The fraction of sp³-hybridized carbons (Fsp3) is 0.462. The lowest BCUT2D eigenvalue weighted by Crippen LogP contribution is -2.48. The average Bonchev–Trinajstić information content (AvgIpc) is 3.25. The summed E-state index contributed by atoms with van der Waals surface area (Å²) in [5, 5.41) is 15.3. The van der Waals surface area contributed by atoms with Gasteiger partial charge in [0.05, 0.1) is 11.9 Å². The third-order valence-corrected chi connectivity index (χ3v) is 8.04. The van der Waals surface area contributed by atoms with Crippen LogP contribution in [-0.4, -0.2) is 52.9 Å². The first kappa shape index (κ1) is 23.2. The van der Waals surface area contributed by atoms with E-state index >= 15 is 0 Å². The van der Waals surface area contributed by atoms with Gasteiger partial charge in [0.2, 0.25) is 5.95 Å². The average molecular weight is 509 g/mol. The molecule has 188 valence electrons. The molecule has 4 heterocycles. The molecule has 36 heavy (non-hydrogen) atoms. The SMILES string of the molecule is CNc1nc(NC2[C@@H]3CC[C@H]2CN(c2cnnc(Cl)c2)C3)nc2c1C(C)(C)CN2c1ccc(F)cc1. The highest BCUT2D eigenvalue weighted by atomic mass is 35.5. The molecule has 3 atom stereocenters. The monoisotopic (exact) mass is 508 g/mol. The first-order valence-electron chi connectivity index (χ1n) is 12.5. The first-order valence-corrected chi connectivity index (χ1v) is 12.8. The van der Waals surface area contributed by atoms with Gasteiger partial charge in [-0.1, -0.05) is 25.4 Å². The van der Waals surface area contributed by atoms with E-state index in [2.05, 4.69) is 44.5 Å². The second-order valence-corrected chi connectivity index (χ2v) is 11.1. The van der Waals surface area contributed by atoms with Gasteiger partial charge < -0.3 is 20.4 Å². The van der Waals surface area contributed by atoms with Crippen molar-refractivity contribution in [3.63, 3.8) is 0 Å². The van der Waals surface area contributed by atoms with Gasteiger partial charge in [0.25, 0.3) is 0 Å². The second-order valence-electron chi connectivity index (χ2n) is 10.7. The van der Waals surface area contributed by atoms with Gasteiger partial charge in [-0.25, -0.2) is 4.39 Å². The van der Waals surface area contributed by atoms with Gasteiger partial charge in [0.1, 0.15) is 17.5 Å². The van der Waals surface area contributed by atoms with Crippen molar-refractivity contribution in [3.05, 3.63) is 53.1 Å². The van der Waals surface area contributed by atoms with E-state index in [-0.39, 0.29) is 11.2 Å². The van der Waals surface area contributed by atoms with Gasteiger partial charge in [-0.2, -0.15) is 15.1 Å². The summed E-state index contributed by atoms with van der Waals surface area (Å²) in [4.78, 5) is 14.5. The minimum atomic E-state index is -0.245. The topological polar surface area (TPSA) is 82.1 Å². The Hall–Kier alpha value is -3.20. The molecule has 2 aromatic heterocycles. The van der Waals surface area contributed by atoms with E-state index in [1.807, 2.05) is 25.2 Å². The molecule has 2 fully saturated rings. The lowest BCUT2D eigenvalue weighted by atomic mass is 9.88. The van der Waals surface area contributed by atoms with Crippen LogP contribution in [0.5, 0.6) is 0 Å². The Labute approximate surface area is 215 Å². The highest BCUT2D eigenvalue weighted by molar-refractivity contribution is 6.29. The van der Waals surface area contributed by atoms with Crippen LogP contribution < -0.4 is 20.4 Å². The van der Waals surface area contributed by atoms with Crippen LogP contribution in [0, 0.1) is 17.7 Å². The molecular weight excluding hydrogens is 479 g/mol. The molecule has 2 bridgehead atoms. The van der Waals surface area contributed by atoms with E-state index in [0.717, 1.165) is 61.0 Å². The summed E-state index contributed by atoms with van der Waals surface area (Å²) >= 11 is 6.09. The standard InChI is InChI=1S/C26H30ClFN8/c1-26(2)14-36(18-8-6-17(28)7-9-18)24-21(26)23(29-3)32-25(33-24)31-22-15-4-5-16(22)13-35(12-15)19-10-20(27)34-30-11-19/h6-11,15-16,22H,4-5,12-14H2,1-3H3,(H2,29,31,32,33)/t15-,16+,22?. The van der Waals surface area contributed by atoms with Crippen LogP contribution in [-0.2, 0) is 5.41 Å². The van der Waals surface area contributed by atoms with Crippen LogP contribution in [0.3, 0.4) is 0 Å². The number of nitrogens with zero attached hydrogens (tertiary/aromatic N) is 6. The number of fused-ring (bicyclic) bond motifs is 3. The molecule has 3 aliphatic rings. The molecule has 0 radical (unpaired) electrons. The van der Waals surface area contributed by atoms with Crippen LogP contribution in [0.4, 0.5) is 33.3 Å². The number of piperidine rings is 1. The predicted octanol–water partition coefficient (Wildman–Crippen LogP) is 4.86. The van der Waals surface area contributed by atoms with Crippen molar-refractivity contribution in [2.24, 2.45) is 11.8 Å². The zero-order valence-electron chi connectivity index (χ0n) is 20.7. The molecule has 2 N–H and O–H groups in total. The molecule has 8 nitrogen and oxygen atoms in total. The molecule has 10 heteroatoms. The normalized spacial score (nSPS) is 24.1. The maximum atomic E-state index is 13.6. The third-order valence-electron chi connectivity index (χ3n) is 7.86. The number of rotatable bonds is 5. The maximum Gasteiger partial charge on any atom is 0.226 e. The smallest absolute Gasteiger partial charge is 0.226 e. The fourth-order valence-electron chi connectivity index (χ4n) is 6.22. The predicted molar refractivity (Wildman–Crippen MR) is 141 cm³/mol. The summed E-state index contributed by atoms with van der Waals surface area (Å²) in [5.74, 6) is 3.03. The third kappa shape index (κ3) is 3.99. The largest absolute Gasteiger partial charge is 0.373 e. The summed E-state index contributed by atoms with van der Waals surface area (Å²) in [5.41, 5.74) is 2.87. The molecule has 1 unspecified atom stereocenters. The Morgan fingerprint density at radius 3 is 2.44 bits per heavy atom. The van der Waals surface area contributed by atoms with Crippen molar-refractivity contribution < 1.29 is 4.39 Å². The van der Waals surface area contributed by atoms with E-state index in [4.69, 9.17) is 21.6 Å². The van der Waals surface area contributed by atoms with Crippen LogP contribution in [0.15, 0.2) is 36.5 Å². The minimum Gasteiger partial charge on any atom is -0.373 e. The van der Waals surface area contributed by atoms with Crippen molar-refractivity contribution >= 4 is 40.6 Å². The van der Waals surface area contributed by atoms with Gasteiger partial charge in [-0.05, 0) is 48.9 Å². The summed E-state index contributed by atoms with van der Waals surface area (Å²) in [7, 11) is 1.90. The molecular formula is C26H30ClFN8. The number of anilines is 5. The van der Waals surface area contributed by atoms with E-state index in [1.54, 1.807) is 6.20 Å². The van der Waals surface area contributed by atoms with Gasteiger partial charge >= 0.3 is 0 Å². The Morgan fingerprint density at radius 2 is 1.78 bits per heavy atom. The molecule has 1 aromatic carbocycles. The van der Waals surface area contributed by atoms with E-state index in [0.29, 0.717) is 29.0 Å². The van der Waals surface area contributed by atoms with Gasteiger partial charge in [-0.3, -0.25) is 0 Å². The quantitative estimate of drug-likeness (QED) is 0.506. The number of hydrogen-bond acceptors (Lipinski definition) is 8. The lowest BCUT2D eigenvalue weighted by Gasteiger charge is -2.39. The molecule has 0 spiro atoms.